The fourth-order valence-electron chi connectivity index (χ4n) is 1.47. The van der Waals surface area contributed by atoms with E-state index in [2.05, 4.69) is 9.98 Å². The van der Waals surface area contributed by atoms with Crippen LogP contribution in [0.2, 0.25) is 0 Å². The molecule has 0 unspecified atom stereocenters. The Morgan fingerprint density at radius 1 is 1.31 bits per heavy atom. The van der Waals surface area contributed by atoms with Gasteiger partial charge in [0.1, 0.15) is 5.75 Å². The lowest BCUT2D eigenvalue weighted by atomic mass is 10.1. The number of hydrogen-bond acceptors (Lipinski definition) is 3. The van der Waals surface area contributed by atoms with Crippen molar-refractivity contribution in [1.82, 2.24) is 4.98 Å². The molecular weight excluding hydrogens is 204 g/mol. The summed E-state index contributed by atoms with van der Waals surface area (Å²) in [6.07, 6.45) is 1.66. The smallest absolute Gasteiger partial charge is 0.192 e. The van der Waals surface area contributed by atoms with Crippen LogP contribution in [0.1, 0.15) is 0 Å². The third-order valence-corrected chi connectivity index (χ3v) is 2.19. The average molecular weight is 216 g/mol. The van der Waals surface area contributed by atoms with Crippen molar-refractivity contribution in [3.8, 4) is 5.75 Å². The lowest BCUT2D eigenvalue weighted by molar-refractivity contribution is 0.415. The van der Waals surface area contributed by atoms with Crippen LogP contribution in [0.3, 0.4) is 0 Å². The molecule has 0 aliphatic rings. The van der Waals surface area contributed by atoms with Crippen molar-refractivity contribution in [3.63, 3.8) is 0 Å². The molecule has 16 heavy (non-hydrogen) atoms. The first-order chi connectivity index (χ1) is 7.70. The predicted octanol–water partition coefficient (Wildman–Crippen LogP) is 1.15. The van der Waals surface area contributed by atoms with Gasteiger partial charge < -0.3 is 16.2 Å². The van der Waals surface area contributed by atoms with E-state index in [-0.39, 0.29) is 5.96 Å². The van der Waals surface area contributed by atoms with E-state index >= 15 is 0 Å². The second kappa shape index (κ2) is 4.06. The van der Waals surface area contributed by atoms with E-state index in [4.69, 9.17) is 16.2 Å². The van der Waals surface area contributed by atoms with Gasteiger partial charge in [0.2, 0.25) is 0 Å². The Labute approximate surface area is 92.8 Å². The van der Waals surface area contributed by atoms with E-state index in [0.29, 0.717) is 5.82 Å². The van der Waals surface area contributed by atoms with Gasteiger partial charge in [0.25, 0.3) is 0 Å². The van der Waals surface area contributed by atoms with E-state index in [1.807, 2.05) is 24.3 Å². The molecule has 1 aromatic heterocycles. The number of nitrogens with zero attached hydrogens (tertiary/aromatic N) is 2. The summed E-state index contributed by atoms with van der Waals surface area (Å²) in [4.78, 5) is 8.09. The minimum atomic E-state index is -0.0113. The second-order valence-corrected chi connectivity index (χ2v) is 3.26. The molecule has 82 valence electrons. The normalized spacial score (nSPS) is 10.1. The van der Waals surface area contributed by atoms with Crippen molar-refractivity contribution in [3.05, 3.63) is 30.5 Å². The van der Waals surface area contributed by atoms with Gasteiger partial charge in [0, 0.05) is 11.6 Å². The highest BCUT2D eigenvalue weighted by molar-refractivity contribution is 5.94. The van der Waals surface area contributed by atoms with Crippen LogP contribution < -0.4 is 16.2 Å². The number of ether oxygens (including phenoxy) is 1. The molecule has 0 amide bonds. The number of aliphatic imine (C=N–C) groups is 1. The van der Waals surface area contributed by atoms with Crippen LogP contribution in [0.4, 0.5) is 5.82 Å². The highest BCUT2D eigenvalue weighted by Gasteiger charge is 2.03. The average Bonchev–Trinajstić information content (AvgIpc) is 2.28. The van der Waals surface area contributed by atoms with Crippen molar-refractivity contribution < 1.29 is 4.74 Å². The number of rotatable bonds is 2. The van der Waals surface area contributed by atoms with Gasteiger partial charge >= 0.3 is 0 Å². The number of aromatic nitrogens is 1. The second-order valence-electron chi connectivity index (χ2n) is 3.26. The summed E-state index contributed by atoms with van der Waals surface area (Å²) in [6.45, 7) is 0. The number of benzene rings is 1. The topological polar surface area (TPSA) is 86.5 Å². The Hall–Kier alpha value is -2.30. The summed E-state index contributed by atoms with van der Waals surface area (Å²) in [7, 11) is 1.61. The minimum Gasteiger partial charge on any atom is -0.497 e. The summed E-state index contributed by atoms with van der Waals surface area (Å²) in [5.74, 6) is 1.23. The van der Waals surface area contributed by atoms with Crippen molar-refractivity contribution in [2.75, 3.05) is 7.11 Å². The fraction of sp³-hybridized carbons (Fsp3) is 0.0909. The molecular formula is C11H12N4O. The van der Waals surface area contributed by atoms with E-state index in [1.165, 1.54) is 0 Å². The Morgan fingerprint density at radius 3 is 2.81 bits per heavy atom. The third kappa shape index (κ3) is 1.88. The van der Waals surface area contributed by atoms with Gasteiger partial charge in [-0.15, -0.1) is 0 Å². The van der Waals surface area contributed by atoms with E-state index in [0.717, 1.165) is 16.5 Å². The summed E-state index contributed by atoms with van der Waals surface area (Å²) in [6, 6.07) is 7.55. The van der Waals surface area contributed by atoms with Crippen LogP contribution in [0, 0.1) is 0 Å². The summed E-state index contributed by atoms with van der Waals surface area (Å²) in [5.41, 5.74) is 10.7. The molecule has 4 N–H and O–H groups in total. The Bertz CT molecular complexity index is 547. The molecule has 5 nitrogen and oxygen atoms in total. The molecule has 0 bridgehead atoms. The first-order valence-corrected chi connectivity index (χ1v) is 4.73. The fourth-order valence-corrected chi connectivity index (χ4v) is 1.47. The third-order valence-electron chi connectivity index (χ3n) is 2.19. The van der Waals surface area contributed by atoms with Gasteiger partial charge in [0.05, 0.1) is 7.11 Å². The SMILES string of the molecule is COc1ccc2ccnc(N=C(N)N)c2c1. The van der Waals surface area contributed by atoms with E-state index in [1.54, 1.807) is 13.3 Å². The maximum Gasteiger partial charge on any atom is 0.192 e. The molecule has 1 aromatic carbocycles. The predicted molar refractivity (Wildman–Crippen MR) is 63.8 cm³/mol. The molecule has 0 atom stereocenters. The lowest BCUT2D eigenvalue weighted by Crippen LogP contribution is -2.22. The summed E-state index contributed by atoms with van der Waals surface area (Å²) >= 11 is 0. The molecule has 0 radical (unpaired) electrons. The molecule has 2 aromatic rings. The zero-order chi connectivity index (χ0) is 11.5. The van der Waals surface area contributed by atoms with Crippen molar-refractivity contribution >= 4 is 22.5 Å². The van der Waals surface area contributed by atoms with Crippen LogP contribution in [0.5, 0.6) is 5.75 Å². The van der Waals surface area contributed by atoms with Crippen molar-refractivity contribution in [2.24, 2.45) is 16.5 Å². The van der Waals surface area contributed by atoms with Crippen molar-refractivity contribution in [1.29, 1.82) is 0 Å². The van der Waals surface area contributed by atoms with Crippen LogP contribution in [-0.4, -0.2) is 18.1 Å². The van der Waals surface area contributed by atoms with Gasteiger partial charge in [0.15, 0.2) is 11.8 Å². The number of guanidine groups is 1. The largest absolute Gasteiger partial charge is 0.497 e. The van der Waals surface area contributed by atoms with Crippen LogP contribution in [0.15, 0.2) is 35.5 Å². The van der Waals surface area contributed by atoms with Gasteiger partial charge in [-0.1, -0.05) is 6.07 Å². The highest BCUT2D eigenvalue weighted by Crippen LogP contribution is 2.27. The molecule has 5 heteroatoms. The van der Waals surface area contributed by atoms with Gasteiger partial charge in [-0.25, -0.2) is 4.98 Å². The molecule has 0 saturated carbocycles. The number of nitrogens with two attached hydrogens (primary N) is 2. The van der Waals surface area contributed by atoms with E-state index < -0.39 is 0 Å². The molecule has 0 aliphatic carbocycles. The minimum absolute atomic E-state index is 0.0113. The first kappa shape index (κ1) is 10.2. The number of pyridine rings is 1. The Morgan fingerprint density at radius 2 is 2.12 bits per heavy atom. The van der Waals surface area contributed by atoms with Crippen LogP contribution in [-0.2, 0) is 0 Å². The molecule has 1 heterocycles. The number of methoxy groups -OCH3 is 1. The van der Waals surface area contributed by atoms with Crippen LogP contribution in [0.25, 0.3) is 10.8 Å². The van der Waals surface area contributed by atoms with Gasteiger partial charge in [-0.3, -0.25) is 0 Å². The lowest BCUT2D eigenvalue weighted by Gasteiger charge is -2.04. The quantitative estimate of drug-likeness (QED) is 0.582. The molecule has 0 saturated heterocycles. The first-order valence-electron chi connectivity index (χ1n) is 4.73. The number of fused-ring (bicyclic) bond motifs is 1. The van der Waals surface area contributed by atoms with Crippen molar-refractivity contribution in [2.45, 2.75) is 0 Å². The Kier molecular flexibility index (Phi) is 2.59. The molecule has 2 rings (SSSR count). The van der Waals surface area contributed by atoms with E-state index in [9.17, 15) is 0 Å². The monoisotopic (exact) mass is 216 g/mol. The standard InChI is InChI=1S/C11H12N4O/c1-16-8-3-2-7-4-5-14-10(9(7)6-8)15-11(12)13/h2-6H,1H3,(H4,12,13,14,15). The van der Waals surface area contributed by atoms with Crippen LogP contribution >= 0.6 is 0 Å². The summed E-state index contributed by atoms with van der Waals surface area (Å²) in [5, 5.41) is 1.87. The highest BCUT2D eigenvalue weighted by atomic mass is 16.5. The molecule has 0 aliphatic heterocycles. The van der Waals surface area contributed by atoms with Gasteiger partial charge in [-0.05, 0) is 23.6 Å². The number of hydrogen-bond donors (Lipinski definition) is 2. The van der Waals surface area contributed by atoms with Gasteiger partial charge in [-0.2, -0.15) is 4.99 Å². The Balaban J connectivity index is 2.69. The summed E-state index contributed by atoms with van der Waals surface area (Å²) < 4.78 is 5.14. The maximum atomic E-state index is 5.34. The maximum absolute atomic E-state index is 5.34. The molecule has 0 fully saturated rings. The zero-order valence-corrected chi connectivity index (χ0v) is 8.84. The zero-order valence-electron chi connectivity index (χ0n) is 8.84. The molecule has 0 spiro atoms.